The molecule has 0 atom stereocenters. The van der Waals surface area contributed by atoms with Gasteiger partial charge in [-0.1, -0.05) is 18.5 Å². The summed E-state index contributed by atoms with van der Waals surface area (Å²) in [6.45, 7) is 4.37. The van der Waals surface area contributed by atoms with Gasteiger partial charge in [-0.25, -0.2) is 4.98 Å². The summed E-state index contributed by atoms with van der Waals surface area (Å²) in [7, 11) is 0. The lowest BCUT2D eigenvalue weighted by Crippen LogP contribution is -2.39. The second-order valence-electron chi connectivity index (χ2n) is 5.37. The summed E-state index contributed by atoms with van der Waals surface area (Å²) in [6.07, 6.45) is 2.64. The summed E-state index contributed by atoms with van der Waals surface area (Å²) in [5.41, 5.74) is 0.306. The van der Waals surface area contributed by atoms with Gasteiger partial charge in [-0.15, -0.1) is 0 Å². The van der Waals surface area contributed by atoms with Crippen LogP contribution < -0.4 is 5.32 Å². The summed E-state index contributed by atoms with van der Waals surface area (Å²) < 4.78 is 0. The number of aromatic nitrogens is 1. The Morgan fingerprint density at radius 2 is 2.19 bits per heavy atom. The highest BCUT2D eigenvalue weighted by Crippen LogP contribution is 2.22. The van der Waals surface area contributed by atoms with Crippen LogP contribution >= 0.6 is 11.6 Å². The van der Waals surface area contributed by atoms with Crippen LogP contribution in [0.25, 0.3) is 0 Å². The number of hydrogen-bond acceptors (Lipinski definition) is 4. The number of carbonyl (C=O) groups is 1. The molecule has 1 aromatic heterocycles. The van der Waals surface area contributed by atoms with Crippen LogP contribution in [0.4, 0.5) is 5.82 Å². The van der Waals surface area contributed by atoms with E-state index in [1.165, 1.54) is 0 Å². The lowest BCUT2D eigenvalue weighted by molar-refractivity contribution is 0.0645. The number of hydrogen-bond donors (Lipinski definition) is 2. The quantitative estimate of drug-likeness (QED) is 0.876. The average molecular weight is 312 g/mol. The van der Waals surface area contributed by atoms with Gasteiger partial charge in [0.1, 0.15) is 11.5 Å². The van der Waals surface area contributed by atoms with Crippen LogP contribution in [0.1, 0.15) is 36.7 Å². The van der Waals surface area contributed by atoms with Crippen molar-refractivity contribution in [3.8, 4) is 0 Å². The Labute approximate surface area is 130 Å². The van der Waals surface area contributed by atoms with E-state index in [0.29, 0.717) is 35.5 Å². The maximum absolute atomic E-state index is 12.5. The van der Waals surface area contributed by atoms with E-state index in [1.54, 1.807) is 17.0 Å². The fourth-order valence-electron chi connectivity index (χ4n) is 2.41. The summed E-state index contributed by atoms with van der Waals surface area (Å²) >= 11 is 6.12. The van der Waals surface area contributed by atoms with E-state index in [1.807, 2.05) is 0 Å². The first-order chi connectivity index (χ1) is 10.2. The van der Waals surface area contributed by atoms with Gasteiger partial charge < -0.3 is 15.3 Å². The number of halogens is 1. The number of pyridine rings is 1. The molecular formula is C15H22ClN3O2. The van der Waals surface area contributed by atoms with E-state index in [0.717, 1.165) is 25.8 Å². The lowest BCUT2D eigenvalue weighted by atomic mass is 9.98. The van der Waals surface area contributed by atoms with E-state index in [9.17, 15) is 4.79 Å². The van der Waals surface area contributed by atoms with Crippen molar-refractivity contribution < 1.29 is 9.90 Å². The molecule has 0 aliphatic carbocycles. The van der Waals surface area contributed by atoms with Crippen LogP contribution in [0, 0.1) is 5.92 Å². The van der Waals surface area contributed by atoms with Gasteiger partial charge >= 0.3 is 0 Å². The number of aliphatic hydroxyl groups excluding tert-OH is 1. The zero-order valence-corrected chi connectivity index (χ0v) is 13.1. The highest BCUT2D eigenvalue weighted by molar-refractivity contribution is 6.33. The molecule has 1 aliphatic heterocycles. The molecule has 5 nitrogen and oxygen atoms in total. The highest BCUT2D eigenvalue weighted by atomic mass is 35.5. The van der Waals surface area contributed by atoms with Gasteiger partial charge in [-0.05, 0) is 37.3 Å². The van der Waals surface area contributed by atoms with Crippen LogP contribution in [0.3, 0.4) is 0 Å². The third-order valence-corrected chi connectivity index (χ3v) is 4.07. The van der Waals surface area contributed by atoms with Gasteiger partial charge in [0.05, 0.1) is 5.02 Å². The van der Waals surface area contributed by atoms with Gasteiger partial charge in [0.25, 0.3) is 5.91 Å². The monoisotopic (exact) mass is 311 g/mol. The summed E-state index contributed by atoms with van der Waals surface area (Å²) in [4.78, 5) is 18.6. The molecule has 1 fully saturated rings. The number of nitrogens with zero attached hydrogens (tertiary/aromatic N) is 2. The molecule has 1 aromatic rings. The van der Waals surface area contributed by atoms with Crippen LogP contribution in [0.5, 0.6) is 0 Å². The van der Waals surface area contributed by atoms with Gasteiger partial charge in [0.2, 0.25) is 0 Å². The minimum absolute atomic E-state index is 0.128. The zero-order valence-electron chi connectivity index (χ0n) is 12.3. The van der Waals surface area contributed by atoms with Gasteiger partial charge in [0.15, 0.2) is 0 Å². The molecule has 21 heavy (non-hydrogen) atoms. The molecule has 1 saturated heterocycles. The normalized spacial score (nSPS) is 16.0. The molecule has 0 spiro atoms. The molecule has 0 aromatic carbocycles. The minimum atomic E-state index is -0.128. The van der Waals surface area contributed by atoms with Crippen molar-refractivity contribution in [1.29, 1.82) is 0 Å². The smallest absolute Gasteiger partial charge is 0.274 e. The van der Waals surface area contributed by atoms with Gasteiger partial charge in [-0.2, -0.15) is 0 Å². The summed E-state index contributed by atoms with van der Waals surface area (Å²) in [5, 5.41) is 12.7. The molecular weight excluding hydrogens is 290 g/mol. The predicted molar refractivity (Wildman–Crippen MR) is 83.7 cm³/mol. The van der Waals surface area contributed by atoms with E-state index >= 15 is 0 Å². The van der Waals surface area contributed by atoms with Crippen molar-refractivity contribution >= 4 is 23.3 Å². The maximum atomic E-state index is 12.5. The standard InChI is InChI=1S/C15H22ClN3O2/c1-2-7-17-13-4-3-12(16)14(18-13)15(21)19-8-5-11(10-20)6-9-19/h3-4,11,20H,2,5-10H2,1H3,(H,17,18). The number of amides is 1. The second-order valence-corrected chi connectivity index (χ2v) is 5.78. The SMILES string of the molecule is CCCNc1ccc(Cl)c(C(=O)N2CCC(CO)CC2)n1. The van der Waals surface area contributed by atoms with Crippen LogP contribution in [0.15, 0.2) is 12.1 Å². The predicted octanol–water partition coefficient (Wildman–Crippen LogP) is 2.40. The molecule has 2 heterocycles. The van der Waals surface area contributed by atoms with E-state index in [-0.39, 0.29) is 12.5 Å². The molecule has 6 heteroatoms. The van der Waals surface area contributed by atoms with Crippen molar-refractivity contribution in [3.05, 3.63) is 22.8 Å². The fraction of sp³-hybridized carbons (Fsp3) is 0.600. The third-order valence-electron chi connectivity index (χ3n) is 3.76. The summed E-state index contributed by atoms with van der Waals surface area (Å²) in [6, 6.07) is 3.49. The largest absolute Gasteiger partial charge is 0.396 e. The Hall–Kier alpha value is -1.33. The maximum Gasteiger partial charge on any atom is 0.274 e. The molecule has 0 bridgehead atoms. The van der Waals surface area contributed by atoms with Crippen LogP contribution in [-0.4, -0.2) is 47.1 Å². The van der Waals surface area contributed by atoms with Gasteiger partial charge in [0, 0.05) is 26.2 Å². The Bertz CT molecular complexity index is 488. The molecule has 1 aliphatic rings. The molecule has 1 amide bonds. The first kappa shape index (κ1) is 16.0. The van der Waals surface area contributed by atoms with E-state index < -0.39 is 0 Å². The Morgan fingerprint density at radius 1 is 1.48 bits per heavy atom. The Balaban J connectivity index is 2.07. The van der Waals surface area contributed by atoms with Crippen LogP contribution in [-0.2, 0) is 0 Å². The lowest BCUT2D eigenvalue weighted by Gasteiger charge is -2.31. The molecule has 2 N–H and O–H groups in total. The Kier molecular flexibility index (Phi) is 5.82. The first-order valence-electron chi connectivity index (χ1n) is 7.46. The van der Waals surface area contributed by atoms with Crippen molar-refractivity contribution in [2.45, 2.75) is 26.2 Å². The molecule has 0 saturated carbocycles. The number of nitrogens with one attached hydrogen (secondary N) is 1. The minimum Gasteiger partial charge on any atom is -0.396 e. The number of anilines is 1. The Morgan fingerprint density at radius 3 is 2.81 bits per heavy atom. The third kappa shape index (κ3) is 4.08. The van der Waals surface area contributed by atoms with Crippen molar-refractivity contribution in [3.63, 3.8) is 0 Å². The number of rotatable bonds is 5. The highest BCUT2D eigenvalue weighted by Gasteiger charge is 2.25. The van der Waals surface area contributed by atoms with Crippen molar-refractivity contribution in [2.75, 3.05) is 31.6 Å². The zero-order chi connectivity index (χ0) is 15.2. The molecule has 0 unspecified atom stereocenters. The fourth-order valence-corrected chi connectivity index (χ4v) is 2.60. The van der Waals surface area contributed by atoms with Crippen LogP contribution in [0.2, 0.25) is 5.02 Å². The second kappa shape index (κ2) is 7.61. The number of piperidine rings is 1. The average Bonchev–Trinajstić information content (AvgIpc) is 2.53. The first-order valence-corrected chi connectivity index (χ1v) is 7.84. The van der Waals surface area contributed by atoms with E-state index in [4.69, 9.17) is 16.7 Å². The number of carbonyl (C=O) groups excluding carboxylic acids is 1. The number of likely N-dealkylation sites (tertiary alicyclic amines) is 1. The van der Waals surface area contributed by atoms with Crippen molar-refractivity contribution in [1.82, 2.24) is 9.88 Å². The summed E-state index contributed by atoms with van der Waals surface area (Å²) in [5.74, 6) is 0.849. The van der Waals surface area contributed by atoms with Gasteiger partial charge in [-0.3, -0.25) is 4.79 Å². The molecule has 0 radical (unpaired) electrons. The van der Waals surface area contributed by atoms with E-state index in [2.05, 4.69) is 17.2 Å². The number of aliphatic hydroxyl groups is 1. The molecule has 116 valence electrons. The van der Waals surface area contributed by atoms with Crippen molar-refractivity contribution in [2.24, 2.45) is 5.92 Å². The molecule has 2 rings (SSSR count). The topological polar surface area (TPSA) is 65.5 Å².